The van der Waals surface area contributed by atoms with Crippen molar-refractivity contribution in [3.8, 4) is 11.5 Å². The maximum absolute atomic E-state index is 12.8. The lowest BCUT2D eigenvalue weighted by Gasteiger charge is -2.10. The molecule has 2 aromatic carbocycles. The van der Waals surface area contributed by atoms with E-state index in [0.29, 0.717) is 34.4 Å². The third kappa shape index (κ3) is 4.48. The molecule has 0 saturated carbocycles. The number of aryl methyl sites for hydroxylation is 1. The molecule has 8 heteroatoms. The van der Waals surface area contributed by atoms with Crippen LogP contribution in [0.15, 0.2) is 52.4 Å². The van der Waals surface area contributed by atoms with E-state index in [-0.39, 0.29) is 11.3 Å². The standard InChI is InChI=1S/C22H24N4O4/c1-4-5-12-26-22(28)18-9-7-6-8-17(18)20(25-26)21(27)24-23-14-15-10-11-16(29-2)13-19(15)30-3/h6-11,13-14H,4-5,12H2,1-3H3,(H,24,27)/b23-14-. The molecule has 0 spiro atoms. The summed E-state index contributed by atoms with van der Waals surface area (Å²) in [5.74, 6) is 0.710. The number of aromatic nitrogens is 2. The van der Waals surface area contributed by atoms with Crippen molar-refractivity contribution in [1.82, 2.24) is 15.2 Å². The Kier molecular flexibility index (Phi) is 6.79. The molecule has 0 aliphatic heterocycles. The molecule has 8 nitrogen and oxygen atoms in total. The minimum atomic E-state index is -0.500. The van der Waals surface area contributed by atoms with Crippen LogP contribution in [0.2, 0.25) is 0 Å². The first-order valence-corrected chi connectivity index (χ1v) is 9.64. The van der Waals surface area contributed by atoms with Gasteiger partial charge in [-0.3, -0.25) is 9.59 Å². The average molecular weight is 408 g/mol. The van der Waals surface area contributed by atoms with E-state index < -0.39 is 5.91 Å². The van der Waals surface area contributed by atoms with Crippen LogP contribution in [0.1, 0.15) is 35.8 Å². The molecule has 1 heterocycles. The van der Waals surface area contributed by atoms with Gasteiger partial charge in [-0.1, -0.05) is 31.5 Å². The van der Waals surface area contributed by atoms with Gasteiger partial charge < -0.3 is 9.47 Å². The maximum atomic E-state index is 12.8. The van der Waals surface area contributed by atoms with E-state index in [9.17, 15) is 9.59 Å². The normalized spacial score (nSPS) is 11.0. The fraction of sp³-hybridized carbons (Fsp3) is 0.273. The van der Waals surface area contributed by atoms with Gasteiger partial charge in [0, 0.05) is 23.6 Å². The lowest BCUT2D eigenvalue weighted by atomic mass is 10.1. The molecule has 0 fully saturated rings. The van der Waals surface area contributed by atoms with E-state index in [2.05, 4.69) is 15.6 Å². The van der Waals surface area contributed by atoms with Gasteiger partial charge in [-0.2, -0.15) is 10.2 Å². The summed E-state index contributed by atoms with van der Waals surface area (Å²) in [5, 5.41) is 9.27. The number of ether oxygens (including phenoxy) is 2. The number of benzene rings is 2. The molecule has 1 aromatic heterocycles. The predicted octanol–water partition coefficient (Wildman–Crippen LogP) is 2.98. The van der Waals surface area contributed by atoms with Gasteiger partial charge in [-0.05, 0) is 24.6 Å². The van der Waals surface area contributed by atoms with E-state index in [0.717, 1.165) is 12.8 Å². The van der Waals surface area contributed by atoms with Crippen LogP contribution >= 0.6 is 0 Å². The summed E-state index contributed by atoms with van der Waals surface area (Å²) in [4.78, 5) is 25.4. The van der Waals surface area contributed by atoms with E-state index in [1.807, 2.05) is 6.92 Å². The maximum Gasteiger partial charge on any atom is 0.292 e. The van der Waals surface area contributed by atoms with Gasteiger partial charge in [0.25, 0.3) is 11.5 Å². The number of hydrogen-bond acceptors (Lipinski definition) is 6. The molecule has 1 amide bonds. The number of fused-ring (bicyclic) bond motifs is 1. The monoisotopic (exact) mass is 408 g/mol. The van der Waals surface area contributed by atoms with Crippen molar-refractivity contribution in [2.75, 3.05) is 14.2 Å². The molecule has 156 valence electrons. The van der Waals surface area contributed by atoms with E-state index in [4.69, 9.17) is 9.47 Å². The molecule has 1 N–H and O–H groups in total. The lowest BCUT2D eigenvalue weighted by Crippen LogP contribution is -2.29. The third-order valence-corrected chi connectivity index (χ3v) is 4.62. The molecule has 30 heavy (non-hydrogen) atoms. The predicted molar refractivity (Wildman–Crippen MR) is 116 cm³/mol. The van der Waals surface area contributed by atoms with Crippen molar-refractivity contribution in [3.05, 3.63) is 64.1 Å². The molecule has 0 unspecified atom stereocenters. The van der Waals surface area contributed by atoms with Gasteiger partial charge in [0.2, 0.25) is 0 Å². The van der Waals surface area contributed by atoms with Gasteiger partial charge in [0.1, 0.15) is 11.5 Å². The number of amides is 1. The second-order valence-electron chi connectivity index (χ2n) is 6.58. The average Bonchev–Trinajstić information content (AvgIpc) is 2.78. The minimum absolute atomic E-state index is 0.153. The van der Waals surface area contributed by atoms with Gasteiger partial charge in [-0.15, -0.1) is 0 Å². The first kappa shape index (κ1) is 21.0. The Morgan fingerprint density at radius 1 is 1.17 bits per heavy atom. The highest BCUT2D eigenvalue weighted by atomic mass is 16.5. The summed E-state index contributed by atoms with van der Waals surface area (Å²) >= 11 is 0. The summed E-state index contributed by atoms with van der Waals surface area (Å²) in [6, 6.07) is 12.2. The van der Waals surface area contributed by atoms with Crippen molar-refractivity contribution < 1.29 is 14.3 Å². The van der Waals surface area contributed by atoms with Crippen LogP contribution in [-0.4, -0.2) is 36.1 Å². The highest BCUT2D eigenvalue weighted by Crippen LogP contribution is 2.23. The smallest absolute Gasteiger partial charge is 0.292 e. The molecule has 0 atom stereocenters. The molecule has 0 aliphatic carbocycles. The summed E-state index contributed by atoms with van der Waals surface area (Å²) in [6.45, 7) is 2.48. The molecule has 3 rings (SSSR count). The van der Waals surface area contributed by atoms with E-state index in [1.54, 1.807) is 56.7 Å². The number of methoxy groups -OCH3 is 2. The van der Waals surface area contributed by atoms with Crippen LogP contribution < -0.4 is 20.5 Å². The summed E-state index contributed by atoms with van der Waals surface area (Å²) in [6.07, 6.45) is 3.18. The molecule has 0 aliphatic rings. The first-order chi connectivity index (χ1) is 14.6. The minimum Gasteiger partial charge on any atom is -0.497 e. The van der Waals surface area contributed by atoms with Crippen molar-refractivity contribution in [2.24, 2.45) is 5.10 Å². The molecule has 0 radical (unpaired) electrons. The number of hydrazone groups is 1. The van der Waals surface area contributed by atoms with Crippen molar-refractivity contribution in [2.45, 2.75) is 26.3 Å². The lowest BCUT2D eigenvalue weighted by molar-refractivity contribution is 0.0949. The van der Waals surface area contributed by atoms with E-state index in [1.165, 1.54) is 10.9 Å². The molecular weight excluding hydrogens is 384 g/mol. The van der Waals surface area contributed by atoms with Crippen molar-refractivity contribution >= 4 is 22.9 Å². The number of rotatable bonds is 8. The van der Waals surface area contributed by atoms with Gasteiger partial charge in [0.05, 0.1) is 25.8 Å². The second-order valence-corrected chi connectivity index (χ2v) is 6.58. The topological polar surface area (TPSA) is 94.8 Å². The summed E-state index contributed by atoms with van der Waals surface area (Å²) in [7, 11) is 3.11. The molecule has 3 aromatic rings. The molecule has 0 bridgehead atoms. The Bertz CT molecular complexity index is 1140. The van der Waals surface area contributed by atoms with Crippen LogP contribution in [-0.2, 0) is 6.54 Å². The molecular formula is C22H24N4O4. The van der Waals surface area contributed by atoms with Gasteiger partial charge in [0.15, 0.2) is 5.69 Å². The summed E-state index contributed by atoms with van der Waals surface area (Å²) < 4.78 is 11.8. The van der Waals surface area contributed by atoms with Crippen LogP contribution in [0.5, 0.6) is 11.5 Å². The highest BCUT2D eigenvalue weighted by molar-refractivity contribution is 6.05. The zero-order chi connectivity index (χ0) is 21.5. The Labute approximate surface area is 174 Å². The Hall–Kier alpha value is -3.68. The van der Waals surface area contributed by atoms with Gasteiger partial charge in [-0.25, -0.2) is 10.1 Å². The molecule has 0 saturated heterocycles. The Balaban J connectivity index is 1.89. The number of unbranched alkanes of at least 4 members (excludes halogenated alkanes) is 1. The zero-order valence-electron chi connectivity index (χ0n) is 17.2. The summed E-state index contributed by atoms with van der Waals surface area (Å²) in [5.41, 5.74) is 3.11. The quantitative estimate of drug-likeness (QED) is 0.457. The van der Waals surface area contributed by atoms with Crippen molar-refractivity contribution in [1.29, 1.82) is 0 Å². The second kappa shape index (κ2) is 9.69. The fourth-order valence-corrected chi connectivity index (χ4v) is 3.00. The van der Waals surface area contributed by atoms with Crippen LogP contribution in [0.25, 0.3) is 10.8 Å². The largest absolute Gasteiger partial charge is 0.497 e. The fourth-order valence-electron chi connectivity index (χ4n) is 3.00. The van der Waals surface area contributed by atoms with Crippen LogP contribution in [0.3, 0.4) is 0 Å². The third-order valence-electron chi connectivity index (χ3n) is 4.62. The highest BCUT2D eigenvalue weighted by Gasteiger charge is 2.16. The number of nitrogens with zero attached hydrogens (tertiary/aromatic N) is 3. The Morgan fingerprint density at radius 2 is 1.93 bits per heavy atom. The SMILES string of the molecule is CCCCn1nc(C(=O)N/N=C\c2ccc(OC)cc2OC)c2ccccc2c1=O. The zero-order valence-corrected chi connectivity index (χ0v) is 17.2. The number of carbonyl (C=O) groups excluding carboxylic acids is 1. The number of nitrogens with one attached hydrogen (secondary N) is 1. The van der Waals surface area contributed by atoms with Crippen LogP contribution in [0, 0.1) is 0 Å². The first-order valence-electron chi connectivity index (χ1n) is 9.64. The number of hydrogen-bond donors (Lipinski definition) is 1. The Morgan fingerprint density at radius 3 is 2.63 bits per heavy atom. The van der Waals surface area contributed by atoms with Gasteiger partial charge >= 0.3 is 0 Å². The van der Waals surface area contributed by atoms with Crippen LogP contribution in [0.4, 0.5) is 0 Å². The van der Waals surface area contributed by atoms with Crippen molar-refractivity contribution in [3.63, 3.8) is 0 Å². The number of carbonyl (C=O) groups is 1. The van der Waals surface area contributed by atoms with E-state index >= 15 is 0 Å².